The molecule has 0 heterocycles. The van der Waals surface area contributed by atoms with E-state index in [4.69, 9.17) is 21.1 Å². The van der Waals surface area contributed by atoms with Gasteiger partial charge in [-0.25, -0.2) is 4.39 Å². The molecular formula is C34H31ClFN3O5S. The van der Waals surface area contributed by atoms with Gasteiger partial charge in [0.1, 0.15) is 23.0 Å². The molecule has 8 nitrogen and oxygen atoms in total. The number of rotatable bonds is 12. The lowest BCUT2D eigenvalue weighted by atomic mass is 10.1. The van der Waals surface area contributed by atoms with Gasteiger partial charge in [-0.3, -0.25) is 14.4 Å². The van der Waals surface area contributed by atoms with Crippen molar-refractivity contribution < 1.29 is 28.2 Å². The monoisotopic (exact) mass is 647 g/mol. The highest BCUT2D eigenvalue weighted by Gasteiger charge is 2.21. The van der Waals surface area contributed by atoms with E-state index in [1.165, 1.54) is 50.3 Å². The molecule has 232 valence electrons. The smallest absolute Gasteiger partial charge is 0.272 e. The SMILES string of the molecule is CCC(Sc1cccc(NC(=O)/C(=C\c2c(F)cccc2Cl)NC(=O)c2ccccc2)c1)C(=O)Nc1cc(OC)ccc1OC. The molecule has 45 heavy (non-hydrogen) atoms. The highest BCUT2D eigenvalue weighted by molar-refractivity contribution is 8.00. The fraction of sp³-hybridized carbons (Fsp3) is 0.147. The number of nitrogens with one attached hydrogen (secondary N) is 3. The minimum Gasteiger partial charge on any atom is -0.497 e. The van der Waals surface area contributed by atoms with Crippen LogP contribution < -0.4 is 25.4 Å². The molecule has 4 aromatic carbocycles. The summed E-state index contributed by atoms with van der Waals surface area (Å²) in [6, 6.07) is 24.5. The highest BCUT2D eigenvalue weighted by atomic mass is 35.5. The molecule has 0 aliphatic rings. The third kappa shape index (κ3) is 8.87. The highest BCUT2D eigenvalue weighted by Crippen LogP contribution is 2.32. The lowest BCUT2D eigenvalue weighted by Gasteiger charge is -2.17. The summed E-state index contributed by atoms with van der Waals surface area (Å²) < 4.78 is 25.3. The van der Waals surface area contributed by atoms with Gasteiger partial charge >= 0.3 is 0 Å². The maximum Gasteiger partial charge on any atom is 0.272 e. The number of ether oxygens (including phenoxy) is 2. The van der Waals surface area contributed by atoms with Gasteiger partial charge < -0.3 is 25.4 Å². The summed E-state index contributed by atoms with van der Waals surface area (Å²) in [5, 5.41) is 7.84. The average molecular weight is 648 g/mol. The molecule has 0 saturated heterocycles. The topological polar surface area (TPSA) is 106 Å². The van der Waals surface area contributed by atoms with Gasteiger partial charge in [-0.1, -0.05) is 48.9 Å². The van der Waals surface area contributed by atoms with Crippen LogP contribution in [0.15, 0.2) is 102 Å². The fourth-order valence-electron chi connectivity index (χ4n) is 4.19. The Morgan fingerprint density at radius 2 is 1.67 bits per heavy atom. The molecule has 0 saturated carbocycles. The van der Waals surface area contributed by atoms with Gasteiger partial charge in [0.2, 0.25) is 5.91 Å². The van der Waals surface area contributed by atoms with Gasteiger partial charge in [-0.15, -0.1) is 11.8 Å². The molecule has 0 bridgehead atoms. The largest absolute Gasteiger partial charge is 0.497 e. The zero-order valence-corrected chi connectivity index (χ0v) is 26.3. The number of halogens is 2. The third-order valence-corrected chi connectivity index (χ3v) is 8.20. The van der Waals surface area contributed by atoms with Crippen molar-refractivity contribution in [3.63, 3.8) is 0 Å². The van der Waals surface area contributed by atoms with Crippen LogP contribution in [0.1, 0.15) is 29.3 Å². The van der Waals surface area contributed by atoms with Crippen LogP contribution in [-0.2, 0) is 9.59 Å². The summed E-state index contributed by atoms with van der Waals surface area (Å²) in [7, 11) is 3.05. The molecule has 0 aromatic heterocycles. The standard InChI is InChI=1S/C34H31ClFN3O5S/c1-4-31(34(42)38-28-19-23(43-2)16-17-30(28)44-3)45-24-13-8-12-22(18-24)37-33(41)29(20-25-26(35)14-9-15-27(25)36)39-32(40)21-10-6-5-7-11-21/h5-20,31H,4H2,1-3H3,(H,37,41)(H,38,42)(H,39,40)/b29-20+. The van der Waals surface area contributed by atoms with Crippen LogP contribution in [0.25, 0.3) is 6.08 Å². The van der Waals surface area contributed by atoms with Crippen molar-refractivity contribution >= 4 is 58.5 Å². The van der Waals surface area contributed by atoms with Crippen molar-refractivity contribution in [1.29, 1.82) is 0 Å². The first-order valence-corrected chi connectivity index (χ1v) is 15.1. The van der Waals surface area contributed by atoms with Crippen molar-refractivity contribution in [2.45, 2.75) is 23.5 Å². The predicted molar refractivity (Wildman–Crippen MR) is 176 cm³/mol. The number of carbonyl (C=O) groups is 3. The Balaban J connectivity index is 1.53. The molecule has 0 spiro atoms. The van der Waals surface area contributed by atoms with Crippen LogP contribution in [0, 0.1) is 5.82 Å². The lowest BCUT2D eigenvalue weighted by molar-refractivity contribution is -0.116. The molecule has 1 atom stereocenters. The van der Waals surface area contributed by atoms with Crippen LogP contribution in [0.2, 0.25) is 5.02 Å². The van der Waals surface area contributed by atoms with E-state index in [2.05, 4.69) is 16.0 Å². The Morgan fingerprint density at radius 1 is 0.911 bits per heavy atom. The normalized spacial score (nSPS) is 11.7. The predicted octanol–water partition coefficient (Wildman–Crippen LogP) is 7.42. The molecule has 11 heteroatoms. The van der Waals surface area contributed by atoms with E-state index in [0.29, 0.717) is 39.8 Å². The van der Waals surface area contributed by atoms with Crippen LogP contribution in [0.3, 0.4) is 0 Å². The molecule has 0 radical (unpaired) electrons. The number of methoxy groups -OCH3 is 2. The van der Waals surface area contributed by atoms with E-state index in [-0.39, 0.29) is 22.2 Å². The van der Waals surface area contributed by atoms with Crippen LogP contribution in [0.5, 0.6) is 11.5 Å². The van der Waals surface area contributed by atoms with Crippen molar-refractivity contribution in [2.75, 3.05) is 24.9 Å². The second-order valence-corrected chi connectivity index (χ2v) is 11.2. The molecule has 0 aliphatic carbocycles. The molecule has 3 amide bonds. The van der Waals surface area contributed by atoms with Gasteiger partial charge in [0.05, 0.1) is 30.2 Å². The first-order valence-electron chi connectivity index (χ1n) is 13.9. The summed E-state index contributed by atoms with van der Waals surface area (Å²) >= 11 is 7.52. The zero-order valence-electron chi connectivity index (χ0n) is 24.7. The van der Waals surface area contributed by atoms with E-state index in [1.807, 2.05) is 13.0 Å². The van der Waals surface area contributed by atoms with E-state index in [1.54, 1.807) is 66.7 Å². The molecule has 4 rings (SSSR count). The van der Waals surface area contributed by atoms with Gasteiger partial charge in [0.15, 0.2) is 0 Å². The molecule has 3 N–H and O–H groups in total. The second kappa shape index (κ2) is 15.8. The van der Waals surface area contributed by atoms with E-state index in [0.717, 1.165) is 0 Å². The fourth-order valence-corrected chi connectivity index (χ4v) is 5.42. The van der Waals surface area contributed by atoms with Crippen LogP contribution >= 0.6 is 23.4 Å². The van der Waals surface area contributed by atoms with Crippen molar-refractivity contribution in [1.82, 2.24) is 5.32 Å². The quantitative estimate of drug-likeness (QED) is 0.109. The van der Waals surface area contributed by atoms with E-state index < -0.39 is 22.9 Å². The molecule has 1 unspecified atom stereocenters. The Labute approximate surface area is 270 Å². The first kappa shape index (κ1) is 33.1. The molecule has 4 aromatic rings. The van der Waals surface area contributed by atoms with Gasteiger partial charge in [-0.05, 0) is 67.1 Å². The lowest BCUT2D eigenvalue weighted by Crippen LogP contribution is -2.30. The Morgan fingerprint density at radius 3 is 2.36 bits per heavy atom. The summed E-state index contributed by atoms with van der Waals surface area (Å²) in [5.74, 6) is -1.09. The maximum absolute atomic E-state index is 14.6. The third-order valence-electron chi connectivity index (χ3n) is 6.52. The van der Waals surface area contributed by atoms with Crippen molar-refractivity contribution in [2.24, 2.45) is 0 Å². The molecule has 0 fully saturated rings. The number of carbonyl (C=O) groups excluding carboxylic acids is 3. The Kier molecular flexibility index (Phi) is 11.6. The second-order valence-electron chi connectivity index (χ2n) is 9.57. The number of amides is 3. The van der Waals surface area contributed by atoms with Crippen molar-refractivity contribution in [3.05, 3.63) is 119 Å². The molecular weight excluding hydrogens is 617 g/mol. The number of benzene rings is 4. The summed E-state index contributed by atoms with van der Waals surface area (Å²) in [4.78, 5) is 40.3. The maximum atomic E-state index is 14.6. The van der Waals surface area contributed by atoms with Crippen molar-refractivity contribution in [3.8, 4) is 11.5 Å². The Hall–Kier alpha value is -4.80. The number of thioether (sulfide) groups is 1. The van der Waals surface area contributed by atoms with E-state index in [9.17, 15) is 18.8 Å². The van der Waals surface area contributed by atoms with Gasteiger partial charge in [0.25, 0.3) is 11.8 Å². The van der Waals surface area contributed by atoms with E-state index >= 15 is 0 Å². The number of hydrogen-bond acceptors (Lipinski definition) is 6. The molecule has 0 aliphatic heterocycles. The summed E-state index contributed by atoms with van der Waals surface area (Å²) in [6.45, 7) is 1.89. The number of hydrogen-bond donors (Lipinski definition) is 3. The van der Waals surface area contributed by atoms with Crippen LogP contribution in [0.4, 0.5) is 15.8 Å². The van der Waals surface area contributed by atoms with Gasteiger partial charge in [0, 0.05) is 27.8 Å². The van der Waals surface area contributed by atoms with Crippen LogP contribution in [-0.4, -0.2) is 37.2 Å². The van der Waals surface area contributed by atoms with Gasteiger partial charge in [-0.2, -0.15) is 0 Å². The minimum atomic E-state index is -0.698. The number of anilines is 2. The first-order chi connectivity index (χ1) is 21.7. The minimum absolute atomic E-state index is 0.0496. The summed E-state index contributed by atoms with van der Waals surface area (Å²) in [5.41, 5.74) is 0.922. The average Bonchev–Trinajstić information content (AvgIpc) is 3.05. The zero-order chi connectivity index (χ0) is 32.3. The summed E-state index contributed by atoms with van der Waals surface area (Å²) in [6.07, 6.45) is 1.71. The Bertz CT molecular complexity index is 1700.